The van der Waals surface area contributed by atoms with Gasteiger partial charge in [-0.2, -0.15) is 13.9 Å². The third-order valence-electron chi connectivity index (χ3n) is 2.48. The van der Waals surface area contributed by atoms with Crippen LogP contribution in [0, 0.1) is 0 Å². The highest BCUT2D eigenvalue weighted by Crippen LogP contribution is 2.35. The standard InChI is InChI=1S/C11H10F2N2O2/c1-15-8-5-3-2-4-7(8)10(14-15)11(12,13)6-9(16)17/h2-5H,6H2,1H3,(H,16,17). The molecule has 0 unspecified atom stereocenters. The van der Waals surface area contributed by atoms with Crippen LogP contribution < -0.4 is 0 Å². The van der Waals surface area contributed by atoms with Crippen LogP contribution in [-0.4, -0.2) is 20.9 Å². The van der Waals surface area contributed by atoms with Crippen molar-refractivity contribution in [3.63, 3.8) is 0 Å². The van der Waals surface area contributed by atoms with Crippen molar-refractivity contribution < 1.29 is 18.7 Å². The Bertz CT molecular complexity index is 578. The van der Waals surface area contributed by atoms with Crippen LogP contribution in [0.25, 0.3) is 10.9 Å². The first-order chi connectivity index (χ1) is 7.92. The van der Waals surface area contributed by atoms with Gasteiger partial charge in [0.2, 0.25) is 0 Å². The summed E-state index contributed by atoms with van der Waals surface area (Å²) in [6.45, 7) is 0. The molecule has 0 aliphatic rings. The predicted molar refractivity (Wildman–Crippen MR) is 56.9 cm³/mol. The Labute approximate surface area is 95.5 Å². The van der Waals surface area contributed by atoms with Crippen LogP contribution in [0.15, 0.2) is 24.3 Å². The van der Waals surface area contributed by atoms with Crippen molar-refractivity contribution in [3.8, 4) is 0 Å². The van der Waals surface area contributed by atoms with E-state index in [2.05, 4.69) is 5.10 Å². The number of para-hydroxylation sites is 1. The summed E-state index contributed by atoms with van der Waals surface area (Å²) in [4.78, 5) is 10.4. The van der Waals surface area contributed by atoms with Crippen LogP contribution in [0.1, 0.15) is 12.1 Å². The third kappa shape index (κ3) is 1.98. The Balaban J connectivity index is 2.59. The quantitative estimate of drug-likeness (QED) is 0.894. The lowest BCUT2D eigenvalue weighted by Crippen LogP contribution is -2.19. The van der Waals surface area contributed by atoms with Crippen LogP contribution >= 0.6 is 0 Å². The van der Waals surface area contributed by atoms with E-state index in [1.165, 1.54) is 10.7 Å². The van der Waals surface area contributed by atoms with E-state index in [4.69, 9.17) is 5.11 Å². The number of fused-ring (bicyclic) bond motifs is 1. The molecule has 0 spiro atoms. The van der Waals surface area contributed by atoms with Crippen molar-refractivity contribution in [3.05, 3.63) is 30.0 Å². The second-order valence-corrected chi connectivity index (χ2v) is 3.76. The number of aromatic nitrogens is 2. The average molecular weight is 240 g/mol. The Morgan fingerprint density at radius 1 is 1.47 bits per heavy atom. The number of carbonyl (C=O) groups is 1. The molecule has 6 heteroatoms. The van der Waals surface area contributed by atoms with Gasteiger partial charge in [0, 0.05) is 12.4 Å². The molecule has 0 atom stereocenters. The largest absolute Gasteiger partial charge is 0.481 e. The van der Waals surface area contributed by atoms with Crippen molar-refractivity contribution in [2.24, 2.45) is 7.05 Å². The minimum atomic E-state index is -3.47. The molecule has 1 N–H and O–H groups in total. The monoisotopic (exact) mass is 240 g/mol. The van der Waals surface area contributed by atoms with Gasteiger partial charge in [-0.15, -0.1) is 0 Å². The summed E-state index contributed by atoms with van der Waals surface area (Å²) in [5, 5.41) is 12.5. The summed E-state index contributed by atoms with van der Waals surface area (Å²) in [6.07, 6.45) is -1.26. The Morgan fingerprint density at radius 2 is 2.12 bits per heavy atom. The molecule has 1 heterocycles. The number of nitrogens with zero attached hydrogens (tertiary/aromatic N) is 2. The molecule has 1 aromatic carbocycles. The number of alkyl halides is 2. The first kappa shape index (κ1) is 11.5. The Hall–Kier alpha value is -1.98. The van der Waals surface area contributed by atoms with E-state index in [0.717, 1.165) is 0 Å². The van der Waals surface area contributed by atoms with Crippen LogP contribution in [0.2, 0.25) is 0 Å². The van der Waals surface area contributed by atoms with Gasteiger partial charge < -0.3 is 5.11 Å². The van der Waals surface area contributed by atoms with Crippen LogP contribution in [0.5, 0.6) is 0 Å². The fourth-order valence-electron chi connectivity index (χ4n) is 1.76. The van der Waals surface area contributed by atoms with Crippen LogP contribution in [-0.2, 0) is 17.8 Å². The molecular formula is C11H10F2N2O2. The minimum absolute atomic E-state index is 0.279. The zero-order chi connectivity index (χ0) is 12.6. The van der Waals surface area contributed by atoms with Crippen molar-refractivity contribution in [2.75, 3.05) is 0 Å². The number of hydrogen-bond donors (Lipinski definition) is 1. The molecule has 17 heavy (non-hydrogen) atoms. The van der Waals surface area contributed by atoms with Crippen molar-refractivity contribution >= 4 is 16.9 Å². The van der Waals surface area contributed by atoms with E-state index in [-0.39, 0.29) is 5.39 Å². The maximum atomic E-state index is 13.7. The molecule has 0 radical (unpaired) electrons. The first-order valence-corrected chi connectivity index (χ1v) is 4.93. The molecule has 0 bridgehead atoms. The maximum absolute atomic E-state index is 13.7. The summed E-state index contributed by atoms with van der Waals surface area (Å²) in [5.74, 6) is -5.02. The molecule has 0 saturated heterocycles. The highest BCUT2D eigenvalue weighted by atomic mass is 19.3. The van der Waals surface area contributed by atoms with Gasteiger partial charge in [-0.1, -0.05) is 18.2 Å². The molecule has 4 nitrogen and oxygen atoms in total. The number of carboxylic acids is 1. The minimum Gasteiger partial charge on any atom is -0.481 e. The normalized spacial score (nSPS) is 11.9. The summed E-state index contributed by atoms with van der Waals surface area (Å²) < 4.78 is 28.7. The molecule has 0 fully saturated rings. The second kappa shape index (κ2) is 3.80. The zero-order valence-electron chi connectivity index (χ0n) is 9.02. The van der Waals surface area contributed by atoms with E-state index in [1.807, 2.05) is 0 Å². The lowest BCUT2D eigenvalue weighted by molar-refractivity contribution is -0.145. The molecule has 0 amide bonds. The lowest BCUT2D eigenvalue weighted by Gasteiger charge is -2.11. The Kier molecular flexibility index (Phi) is 2.57. The van der Waals surface area contributed by atoms with E-state index in [0.29, 0.717) is 5.52 Å². The smallest absolute Gasteiger partial charge is 0.309 e. The summed E-state index contributed by atoms with van der Waals surface area (Å²) in [5.41, 5.74) is 0.0607. The number of carboxylic acid groups (broad SMARTS) is 1. The van der Waals surface area contributed by atoms with E-state index in [1.54, 1.807) is 25.2 Å². The molecule has 0 aliphatic heterocycles. The highest BCUT2D eigenvalue weighted by Gasteiger charge is 2.39. The number of aryl methyl sites for hydroxylation is 1. The number of rotatable bonds is 3. The number of benzene rings is 1. The van der Waals surface area contributed by atoms with Crippen molar-refractivity contribution in [2.45, 2.75) is 12.3 Å². The number of aliphatic carboxylic acids is 1. The van der Waals surface area contributed by atoms with E-state index >= 15 is 0 Å². The highest BCUT2D eigenvalue weighted by molar-refractivity contribution is 5.83. The van der Waals surface area contributed by atoms with Gasteiger partial charge in [-0.25, -0.2) is 0 Å². The van der Waals surface area contributed by atoms with E-state index in [9.17, 15) is 13.6 Å². The Morgan fingerprint density at radius 3 is 2.76 bits per heavy atom. The lowest BCUT2D eigenvalue weighted by atomic mass is 10.1. The van der Waals surface area contributed by atoms with Gasteiger partial charge in [0.15, 0.2) is 0 Å². The topological polar surface area (TPSA) is 55.1 Å². The molecule has 0 saturated carbocycles. The number of hydrogen-bond acceptors (Lipinski definition) is 2. The van der Waals surface area contributed by atoms with Gasteiger partial charge in [0.1, 0.15) is 12.1 Å². The van der Waals surface area contributed by atoms with Gasteiger partial charge in [-0.05, 0) is 6.07 Å². The van der Waals surface area contributed by atoms with Crippen LogP contribution in [0.3, 0.4) is 0 Å². The SMILES string of the molecule is Cn1nc(C(F)(F)CC(=O)O)c2ccccc21. The van der Waals surface area contributed by atoms with Gasteiger partial charge in [0.25, 0.3) is 0 Å². The molecular weight excluding hydrogens is 230 g/mol. The summed E-state index contributed by atoms with van der Waals surface area (Å²) in [6, 6.07) is 6.49. The van der Waals surface area contributed by atoms with Gasteiger partial charge in [0.05, 0.1) is 5.52 Å². The molecule has 90 valence electrons. The molecule has 1 aromatic heterocycles. The molecule has 2 rings (SSSR count). The average Bonchev–Trinajstić information content (AvgIpc) is 2.56. The summed E-state index contributed by atoms with van der Waals surface area (Å²) in [7, 11) is 1.54. The third-order valence-corrected chi connectivity index (χ3v) is 2.48. The second-order valence-electron chi connectivity index (χ2n) is 3.76. The van der Waals surface area contributed by atoms with Crippen molar-refractivity contribution in [1.82, 2.24) is 9.78 Å². The van der Waals surface area contributed by atoms with Gasteiger partial charge in [-0.3, -0.25) is 9.48 Å². The van der Waals surface area contributed by atoms with E-state index < -0.39 is 24.0 Å². The van der Waals surface area contributed by atoms with Gasteiger partial charge >= 0.3 is 11.9 Å². The fourth-order valence-corrected chi connectivity index (χ4v) is 1.76. The number of halogens is 2. The fraction of sp³-hybridized carbons (Fsp3) is 0.273. The molecule has 2 aromatic rings. The predicted octanol–water partition coefficient (Wildman–Crippen LogP) is 2.14. The van der Waals surface area contributed by atoms with Crippen LogP contribution in [0.4, 0.5) is 8.78 Å². The zero-order valence-corrected chi connectivity index (χ0v) is 9.02. The summed E-state index contributed by atoms with van der Waals surface area (Å²) >= 11 is 0. The first-order valence-electron chi connectivity index (χ1n) is 4.93. The maximum Gasteiger partial charge on any atom is 0.309 e. The molecule has 0 aliphatic carbocycles. The van der Waals surface area contributed by atoms with Crippen molar-refractivity contribution in [1.29, 1.82) is 0 Å².